The van der Waals surface area contributed by atoms with E-state index in [2.05, 4.69) is 49.6 Å². The van der Waals surface area contributed by atoms with Gasteiger partial charge in [0, 0.05) is 55.4 Å². The molecule has 0 spiro atoms. The van der Waals surface area contributed by atoms with Gasteiger partial charge in [-0.1, -0.05) is 48.5 Å². The Kier molecular flexibility index (Phi) is 5.80. The zero-order chi connectivity index (χ0) is 19.2. The number of benzene rings is 2. The topological polar surface area (TPSA) is 63.7 Å². The molecule has 1 aromatic heterocycles. The van der Waals surface area contributed by atoms with E-state index in [-0.39, 0.29) is 5.91 Å². The van der Waals surface area contributed by atoms with Gasteiger partial charge in [0.2, 0.25) is 0 Å². The Morgan fingerprint density at radius 3 is 2.54 bits per heavy atom. The first-order valence-corrected chi connectivity index (χ1v) is 9.64. The van der Waals surface area contributed by atoms with Crippen molar-refractivity contribution in [3.8, 4) is 0 Å². The van der Waals surface area contributed by atoms with E-state index in [1.807, 2.05) is 36.5 Å². The van der Waals surface area contributed by atoms with E-state index < -0.39 is 0 Å². The highest BCUT2D eigenvalue weighted by molar-refractivity contribution is 5.99. The van der Waals surface area contributed by atoms with Crippen molar-refractivity contribution in [3.05, 3.63) is 71.9 Å². The lowest BCUT2D eigenvalue weighted by Gasteiger charge is -2.34. The van der Waals surface area contributed by atoms with Crippen molar-refractivity contribution >= 4 is 23.0 Å². The lowest BCUT2D eigenvalue weighted by Crippen LogP contribution is -2.48. The van der Waals surface area contributed by atoms with Crippen LogP contribution in [0.4, 0.5) is 0 Å². The van der Waals surface area contributed by atoms with E-state index in [1.54, 1.807) is 6.21 Å². The maximum absolute atomic E-state index is 12.2. The van der Waals surface area contributed by atoms with Crippen LogP contribution in [0.2, 0.25) is 0 Å². The molecule has 1 aliphatic rings. The Balaban J connectivity index is 1.21. The van der Waals surface area contributed by atoms with Gasteiger partial charge < -0.3 is 4.98 Å². The zero-order valence-electron chi connectivity index (χ0n) is 15.8. The molecule has 0 bridgehead atoms. The minimum absolute atomic E-state index is 0.0763. The van der Waals surface area contributed by atoms with E-state index in [1.165, 1.54) is 5.56 Å². The van der Waals surface area contributed by atoms with Crippen LogP contribution in [0.25, 0.3) is 10.9 Å². The summed E-state index contributed by atoms with van der Waals surface area (Å²) >= 11 is 0. The van der Waals surface area contributed by atoms with Gasteiger partial charge in [0.1, 0.15) is 0 Å². The van der Waals surface area contributed by atoms with Crippen molar-refractivity contribution in [3.63, 3.8) is 0 Å². The van der Waals surface area contributed by atoms with Crippen LogP contribution in [0.3, 0.4) is 0 Å². The van der Waals surface area contributed by atoms with Gasteiger partial charge >= 0.3 is 0 Å². The lowest BCUT2D eigenvalue weighted by molar-refractivity contribution is -0.122. The van der Waals surface area contributed by atoms with Gasteiger partial charge in [-0.15, -0.1) is 0 Å². The summed E-state index contributed by atoms with van der Waals surface area (Å²) in [5.41, 5.74) is 6.00. The molecule has 6 heteroatoms. The molecular weight excluding hydrogens is 350 g/mol. The maximum atomic E-state index is 12.2. The Morgan fingerprint density at radius 1 is 1.00 bits per heavy atom. The molecule has 2 aromatic carbocycles. The average Bonchev–Trinajstić information content (AvgIpc) is 3.14. The van der Waals surface area contributed by atoms with Gasteiger partial charge in [-0.25, -0.2) is 5.43 Å². The second-order valence-electron chi connectivity index (χ2n) is 7.12. The van der Waals surface area contributed by atoms with Gasteiger partial charge in [0.15, 0.2) is 0 Å². The first-order chi connectivity index (χ1) is 13.8. The highest BCUT2D eigenvalue weighted by Crippen LogP contribution is 2.15. The second kappa shape index (κ2) is 8.82. The van der Waals surface area contributed by atoms with Gasteiger partial charge in [0.25, 0.3) is 5.91 Å². The highest BCUT2D eigenvalue weighted by Gasteiger charge is 2.18. The van der Waals surface area contributed by atoms with Crippen molar-refractivity contribution in [2.24, 2.45) is 5.10 Å². The van der Waals surface area contributed by atoms with E-state index in [0.29, 0.717) is 6.54 Å². The summed E-state index contributed by atoms with van der Waals surface area (Å²) in [6.07, 6.45) is 3.58. The number of carbonyl (C=O) groups is 1. The molecule has 144 valence electrons. The maximum Gasteiger partial charge on any atom is 0.254 e. The average molecular weight is 375 g/mol. The molecule has 0 atom stereocenters. The molecule has 28 heavy (non-hydrogen) atoms. The number of hydrogen-bond acceptors (Lipinski definition) is 4. The predicted octanol–water partition coefficient (Wildman–Crippen LogP) is 2.44. The first kappa shape index (κ1) is 18.4. The van der Waals surface area contributed by atoms with Crippen molar-refractivity contribution in [1.29, 1.82) is 0 Å². The lowest BCUT2D eigenvalue weighted by atomic mass is 10.2. The molecule has 3 aromatic rings. The Hall–Kier alpha value is -2.96. The molecule has 2 heterocycles. The van der Waals surface area contributed by atoms with Crippen LogP contribution in [-0.2, 0) is 11.3 Å². The summed E-state index contributed by atoms with van der Waals surface area (Å²) < 4.78 is 0. The zero-order valence-corrected chi connectivity index (χ0v) is 15.8. The summed E-state index contributed by atoms with van der Waals surface area (Å²) in [7, 11) is 0. The molecule has 0 radical (unpaired) electrons. The molecule has 0 saturated carbocycles. The van der Waals surface area contributed by atoms with Crippen LogP contribution in [0.5, 0.6) is 0 Å². The summed E-state index contributed by atoms with van der Waals surface area (Å²) in [6.45, 7) is 5.08. The molecule has 0 unspecified atom stereocenters. The van der Waals surface area contributed by atoms with Gasteiger partial charge in [0.05, 0.1) is 12.8 Å². The summed E-state index contributed by atoms with van der Waals surface area (Å²) in [5, 5.41) is 5.21. The number of carbonyl (C=O) groups excluding carboxylic acids is 1. The number of hydrogen-bond donors (Lipinski definition) is 2. The number of aromatic amines is 1. The van der Waals surface area contributed by atoms with Gasteiger partial charge in [-0.2, -0.15) is 5.10 Å². The number of para-hydroxylation sites is 1. The van der Waals surface area contributed by atoms with Crippen LogP contribution < -0.4 is 5.43 Å². The fraction of sp³-hybridized carbons (Fsp3) is 0.273. The molecule has 6 nitrogen and oxygen atoms in total. The number of hydrazone groups is 1. The quantitative estimate of drug-likeness (QED) is 0.514. The molecule has 1 fully saturated rings. The standard InChI is InChI=1S/C22H25N5O/c28-22(25-24-15-19-14-23-21-9-5-4-8-20(19)21)17-27-12-10-26(11-13-27)16-18-6-2-1-3-7-18/h1-9,14-15,23H,10-13,16-17H2,(H,25,28)/b24-15-. The third kappa shape index (κ3) is 4.65. The number of nitrogens with one attached hydrogen (secondary N) is 2. The highest BCUT2D eigenvalue weighted by atomic mass is 16.2. The fourth-order valence-electron chi connectivity index (χ4n) is 3.56. The van der Waals surface area contributed by atoms with E-state index >= 15 is 0 Å². The van der Waals surface area contributed by atoms with Crippen LogP contribution in [0.15, 0.2) is 65.9 Å². The third-order valence-electron chi connectivity index (χ3n) is 5.10. The van der Waals surface area contributed by atoms with Crippen LogP contribution in [0, 0.1) is 0 Å². The minimum Gasteiger partial charge on any atom is -0.361 e. The predicted molar refractivity (Wildman–Crippen MR) is 112 cm³/mol. The molecule has 0 aliphatic carbocycles. The Morgan fingerprint density at radius 2 is 1.71 bits per heavy atom. The number of rotatable bonds is 6. The number of amides is 1. The van der Waals surface area contributed by atoms with Crippen molar-refractivity contribution in [2.75, 3.05) is 32.7 Å². The van der Waals surface area contributed by atoms with E-state index in [0.717, 1.165) is 49.2 Å². The van der Waals surface area contributed by atoms with Crippen LogP contribution in [-0.4, -0.2) is 59.6 Å². The molecule has 2 N–H and O–H groups in total. The molecular formula is C22H25N5O. The molecule has 1 amide bonds. The van der Waals surface area contributed by atoms with Crippen molar-refractivity contribution in [2.45, 2.75) is 6.54 Å². The third-order valence-corrected chi connectivity index (χ3v) is 5.10. The SMILES string of the molecule is O=C(CN1CCN(Cc2ccccc2)CC1)N/N=C\c1c[nH]c2ccccc12. The van der Waals surface area contributed by atoms with Crippen LogP contribution in [0.1, 0.15) is 11.1 Å². The summed E-state index contributed by atoms with van der Waals surface area (Å²) in [6, 6.07) is 18.5. The van der Waals surface area contributed by atoms with Gasteiger partial charge in [-0.05, 0) is 11.6 Å². The number of piperazine rings is 1. The monoisotopic (exact) mass is 375 g/mol. The van der Waals surface area contributed by atoms with E-state index in [4.69, 9.17) is 0 Å². The normalized spacial score (nSPS) is 16.0. The summed E-state index contributed by atoms with van der Waals surface area (Å²) in [4.78, 5) is 20.0. The minimum atomic E-state index is -0.0763. The number of fused-ring (bicyclic) bond motifs is 1. The van der Waals surface area contributed by atoms with Crippen molar-refractivity contribution < 1.29 is 4.79 Å². The van der Waals surface area contributed by atoms with E-state index in [9.17, 15) is 4.79 Å². The van der Waals surface area contributed by atoms with Crippen molar-refractivity contribution in [1.82, 2.24) is 20.2 Å². The second-order valence-corrected chi connectivity index (χ2v) is 7.12. The smallest absolute Gasteiger partial charge is 0.254 e. The number of nitrogens with zero attached hydrogens (tertiary/aromatic N) is 3. The number of aromatic nitrogens is 1. The molecule has 1 saturated heterocycles. The summed E-state index contributed by atoms with van der Waals surface area (Å²) in [5.74, 6) is -0.0763. The van der Waals surface area contributed by atoms with Gasteiger partial charge in [-0.3, -0.25) is 14.6 Å². The fourth-order valence-corrected chi connectivity index (χ4v) is 3.56. The Labute approximate surface area is 164 Å². The Bertz CT molecular complexity index is 942. The first-order valence-electron chi connectivity index (χ1n) is 9.64. The number of H-pyrrole nitrogens is 1. The molecule has 1 aliphatic heterocycles. The molecule has 4 rings (SSSR count). The largest absolute Gasteiger partial charge is 0.361 e. The van der Waals surface area contributed by atoms with Crippen LogP contribution >= 0.6 is 0 Å².